The molecule has 266 valence electrons. The highest BCUT2D eigenvalue weighted by Crippen LogP contribution is 2.21. The molecule has 0 aliphatic carbocycles. The van der Waals surface area contributed by atoms with Gasteiger partial charge in [-0.05, 0) is 37.1 Å². The molecule has 0 bridgehead atoms. The molecule has 0 spiro atoms. The van der Waals surface area contributed by atoms with E-state index in [0.717, 1.165) is 23.8 Å². The zero-order chi connectivity index (χ0) is 35.6. The molecule has 4 aromatic rings. The molecule has 3 aromatic carbocycles. The molecule has 7 N–H and O–H groups in total. The lowest BCUT2D eigenvalue weighted by Crippen LogP contribution is -2.49. The predicted molar refractivity (Wildman–Crippen MR) is 195 cm³/mol. The molecule has 50 heavy (non-hydrogen) atoms. The van der Waals surface area contributed by atoms with Gasteiger partial charge in [0.1, 0.15) is 6.04 Å². The molecule has 0 unspecified atom stereocenters. The Labute approximate surface area is 294 Å². The molecule has 0 radical (unpaired) electrons. The van der Waals surface area contributed by atoms with Crippen LogP contribution in [0.25, 0.3) is 10.8 Å². The van der Waals surface area contributed by atoms with Crippen LogP contribution in [-0.2, 0) is 26.0 Å². The summed E-state index contributed by atoms with van der Waals surface area (Å²) in [6.07, 6.45) is 6.18. The second kappa shape index (κ2) is 20.2. The van der Waals surface area contributed by atoms with Crippen LogP contribution in [0.2, 0.25) is 0 Å². The van der Waals surface area contributed by atoms with Gasteiger partial charge in [-0.15, -0.1) is 0 Å². The monoisotopic (exact) mass is 701 g/mol. The molecule has 2 amide bonds. The maximum atomic E-state index is 13.2. The molecule has 0 saturated carbocycles. The summed E-state index contributed by atoms with van der Waals surface area (Å²) in [5.41, 5.74) is 7.52. The Bertz CT molecular complexity index is 1780. The molecule has 0 fully saturated rings. The molecule has 13 heteroatoms. The number of rotatable bonds is 22. The van der Waals surface area contributed by atoms with Crippen molar-refractivity contribution >= 4 is 38.4 Å². The number of fused-ring (bicyclic) bond motifs is 1. The van der Waals surface area contributed by atoms with E-state index >= 15 is 0 Å². The quantitative estimate of drug-likeness (QED) is 0.0529. The summed E-state index contributed by atoms with van der Waals surface area (Å²) in [6, 6.07) is 22.1. The Morgan fingerprint density at radius 3 is 2.18 bits per heavy atom. The second-order valence-corrected chi connectivity index (χ2v) is 13.6. The van der Waals surface area contributed by atoms with Gasteiger partial charge in [-0.2, -0.15) is 0 Å². The first-order valence-corrected chi connectivity index (χ1v) is 18.5. The van der Waals surface area contributed by atoms with Crippen LogP contribution in [-0.4, -0.2) is 82.9 Å². The lowest BCUT2D eigenvalue weighted by Gasteiger charge is -2.19. The summed E-state index contributed by atoms with van der Waals surface area (Å²) in [4.78, 5) is 42.9. The summed E-state index contributed by atoms with van der Waals surface area (Å²) in [5.74, 6) is -0.571. The lowest BCUT2D eigenvalue weighted by atomic mass is 9.99. The number of aromatic nitrogens is 1. The summed E-state index contributed by atoms with van der Waals surface area (Å²) in [7, 11) is -3.68. The van der Waals surface area contributed by atoms with Gasteiger partial charge < -0.3 is 27.0 Å². The molecule has 0 aliphatic heterocycles. The Balaban J connectivity index is 1.18. The predicted octanol–water partition coefficient (Wildman–Crippen LogP) is 2.29. The van der Waals surface area contributed by atoms with Gasteiger partial charge in [-0.25, -0.2) is 13.1 Å². The number of hydrogen-bond donors (Lipinski definition) is 6. The van der Waals surface area contributed by atoms with E-state index in [1.165, 1.54) is 0 Å². The summed E-state index contributed by atoms with van der Waals surface area (Å²) in [5, 5.41) is 13.6. The Hall–Kier alpha value is -4.53. The number of nitrogens with zero attached hydrogens (tertiary/aromatic N) is 1. The molecule has 12 nitrogen and oxygen atoms in total. The Kier molecular flexibility index (Phi) is 15.5. The SMILES string of the molecule is NCCCCCC(=O)N[C@@H](Cc1ccc(C(=O)c2ccccc2)cc1)C(=O)NCCNCCNCCNS(=O)(=O)c1cccc2cnccc12. The van der Waals surface area contributed by atoms with Gasteiger partial charge in [0, 0.05) is 86.4 Å². The normalized spacial score (nSPS) is 12.0. The van der Waals surface area contributed by atoms with Crippen molar-refractivity contribution in [2.24, 2.45) is 5.73 Å². The summed E-state index contributed by atoms with van der Waals surface area (Å²) in [6.45, 7) is 3.31. The van der Waals surface area contributed by atoms with E-state index in [-0.39, 0.29) is 35.5 Å². The number of unbranched alkanes of at least 4 members (excludes halogenated alkanes) is 2. The highest BCUT2D eigenvalue weighted by molar-refractivity contribution is 7.89. The van der Waals surface area contributed by atoms with Crippen LogP contribution in [0.15, 0.2) is 96.2 Å². The minimum Gasteiger partial charge on any atom is -0.353 e. The van der Waals surface area contributed by atoms with Crippen LogP contribution in [0.3, 0.4) is 0 Å². The fourth-order valence-electron chi connectivity index (χ4n) is 5.37. The van der Waals surface area contributed by atoms with Crippen LogP contribution in [0.5, 0.6) is 0 Å². The molecular weight excluding hydrogens is 655 g/mol. The highest BCUT2D eigenvalue weighted by atomic mass is 32.2. The van der Waals surface area contributed by atoms with E-state index in [0.29, 0.717) is 68.6 Å². The first kappa shape index (κ1) is 38.3. The van der Waals surface area contributed by atoms with Crippen molar-refractivity contribution in [3.8, 4) is 0 Å². The number of nitrogens with two attached hydrogens (primary N) is 1. The van der Waals surface area contributed by atoms with Gasteiger partial charge in [0.25, 0.3) is 0 Å². The number of hydrogen-bond acceptors (Lipinski definition) is 9. The molecule has 1 heterocycles. The van der Waals surface area contributed by atoms with Crippen molar-refractivity contribution in [1.82, 2.24) is 31.0 Å². The summed E-state index contributed by atoms with van der Waals surface area (Å²) >= 11 is 0. The number of ketones is 1. The maximum Gasteiger partial charge on any atom is 0.242 e. The number of pyridine rings is 1. The van der Waals surface area contributed by atoms with Gasteiger partial charge in [0.15, 0.2) is 5.78 Å². The third-order valence-electron chi connectivity index (χ3n) is 8.06. The third-order valence-corrected chi connectivity index (χ3v) is 9.57. The van der Waals surface area contributed by atoms with Crippen LogP contribution < -0.4 is 31.7 Å². The van der Waals surface area contributed by atoms with Crippen LogP contribution in [0.1, 0.15) is 47.2 Å². The van der Waals surface area contributed by atoms with E-state index in [4.69, 9.17) is 5.73 Å². The number of carbonyl (C=O) groups excluding carboxylic acids is 3. The van der Waals surface area contributed by atoms with Gasteiger partial charge in [-0.1, -0.05) is 73.2 Å². The van der Waals surface area contributed by atoms with Gasteiger partial charge in [0.05, 0.1) is 4.90 Å². The average Bonchev–Trinajstić information content (AvgIpc) is 3.14. The largest absolute Gasteiger partial charge is 0.353 e. The van der Waals surface area contributed by atoms with Crippen LogP contribution in [0, 0.1) is 0 Å². The molecule has 1 aromatic heterocycles. The topological polar surface area (TPSA) is 184 Å². The van der Waals surface area contributed by atoms with Gasteiger partial charge >= 0.3 is 0 Å². The zero-order valence-electron chi connectivity index (χ0n) is 28.2. The minimum atomic E-state index is -3.68. The molecule has 0 saturated heterocycles. The minimum absolute atomic E-state index is 0.0837. The fraction of sp³-hybridized carbons (Fsp3) is 0.351. The smallest absolute Gasteiger partial charge is 0.242 e. The van der Waals surface area contributed by atoms with Crippen molar-refractivity contribution in [2.75, 3.05) is 45.8 Å². The van der Waals surface area contributed by atoms with Gasteiger partial charge in [-0.3, -0.25) is 19.4 Å². The Morgan fingerprint density at radius 2 is 1.44 bits per heavy atom. The number of nitrogens with one attached hydrogen (secondary N) is 5. The van der Waals surface area contributed by atoms with Crippen molar-refractivity contribution < 1.29 is 22.8 Å². The third kappa shape index (κ3) is 12.1. The first-order valence-electron chi connectivity index (χ1n) is 17.0. The number of carbonyl (C=O) groups is 3. The van der Waals surface area contributed by atoms with Crippen molar-refractivity contribution in [3.63, 3.8) is 0 Å². The lowest BCUT2D eigenvalue weighted by molar-refractivity contribution is -0.129. The number of amides is 2. The first-order chi connectivity index (χ1) is 24.3. The van der Waals surface area contributed by atoms with E-state index in [9.17, 15) is 22.8 Å². The van der Waals surface area contributed by atoms with Crippen LogP contribution >= 0.6 is 0 Å². The van der Waals surface area contributed by atoms with Gasteiger partial charge in [0.2, 0.25) is 21.8 Å². The van der Waals surface area contributed by atoms with E-state index in [1.54, 1.807) is 54.9 Å². The molecule has 1 atom stereocenters. The number of sulfonamides is 1. The van der Waals surface area contributed by atoms with E-state index < -0.39 is 16.1 Å². The maximum absolute atomic E-state index is 13.2. The molecular formula is C37H47N7O5S. The van der Waals surface area contributed by atoms with Crippen molar-refractivity contribution in [1.29, 1.82) is 0 Å². The number of benzene rings is 3. The van der Waals surface area contributed by atoms with Crippen LogP contribution in [0.4, 0.5) is 0 Å². The fourth-order valence-corrected chi connectivity index (χ4v) is 6.63. The standard InChI is InChI=1S/C37H47N7O5S/c38-18-6-2-5-12-35(45)44-33(26-28-13-15-30(16-14-28)36(46)29-8-3-1-4-9-29)37(47)42-24-22-39-20-21-40-23-25-43-50(48,49)34-11-7-10-31-27-41-19-17-32(31)34/h1,3-4,7-11,13-17,19,27,33,39-40,43H,2,5-6,12,18,20-26,38H2,(H,42,47)(H,44,45)/t33-/m0/s1. The second-order valence-electron chi connectivity index (χ2n) is 11.9. The van der Waals surface area contributed by atoms with Crippen molar-refractivity contribution in [3.05, 3.63) is 108 Å². The molecule has 4 rings (SSSR count). The average molecular weight is 702 g/mol. The van der Waals surface area contributed by atoms with Crippen molar-refractivity contribution in [2.45, 2.75) is 43.0 Å². The molecule has 0 aliphatic rings. The Morgan fingerprint density at radius 1 is 0.740 bits per heavy atom. The van der Waals surface area contributed by atoms with E-state index in [1.807, 2.05) is 36.4 Å². The van der Waals surface area contributed by atoms with E-state index in [2.05, 4.69) is 31.0 Å². The zero-order valence-corrected chi connectivity index (χ0v) is 29.0. The highest BCUT2D eigenvalue weighted by Gasteiger charge is 2.21. The summed E-state index contributed by atoms with van der Waals surface area (Å²) < 4.78 is 28.3.